The molecule has 1 heterocycles. The lowest BCUT2D eigenvalue weighted by Crippen LogP contribution is -1.99. The molecule has 6 heteroatoms. The second-order valence-electron chi connectivity index (χ2n) is 3.81. The summed E-state index contributed by atoms with van der Waals surface area (Å²) in [5.41, 5.74) is 2.22. The zero-order valence-corrected chi connectivity index (χ0v) is 11.9. The Morgan fingerprint density at radius 3 is 2.50 bits per heavy atom. The van der Waals surface area contributed by atoms with E-state index < -0.39 is 10.1 Å². The minimum absolute atomic E-state index is 0.132. The van der Waals surface area contributed by atoms with E-state index in [0.717, 1.165) is 10.0 Å². The first-order valence-corrected chi connectivity index (χ1v) is 7.31. The summed E-state index contributed by atoms with van der Waals surface area (Å²) in [5, 5.41) is 0. The van der Waals surface area contributed by atoms with Crippen molar-refractivity contribution in [3.63, 3.8) is 0 Å². The number of hydrogen-bond donors (Lipinski definition) is 1. The van der Waals surface area contributed by atoms with Crippen molar-refractivity contribution >= 4 is 26.0 Å². The van der Waals surface area contributed by atoms with Crippen molar-refractivity contribution in [2.75, 3.05) is 0 Å². The lowest BCUT2D eigenvalue weighted by molar-refractivity contribution is 0.483. The molecule has 2 aromatic rings. The molecule has 18 heavy (non-hydrogen) atoms. The number of aromatic nitrogens is 1. The summed E-state index contributed by atoms with van der Waals surface area (Å²) < 4.78 is 32.1. The van der Waals surface area contributed by atoms with Gasteiger partial charge in [-0.05, 0) is 52.7 Å². The number of pyridine rings is 1. The lowest BCUT2D eigenvalue weighted by Gasteiger charge is -2.07. The monoisotopic (exact) mass is 327 g/mol. The van der Waals surface area contributed by atoms with Crippen LogP contribution in [0, 0.1) is 6.92 Å². The molecule has 2 rings (SSSR count). The molecule has 0 saturated heterocycles. The van der Waals surface area contributed by atoms with Crippen LogP contribution in [0.1, 0.15) is 5.56 Å². The highest BCUT2D eigenvalue weighted by molar-refractivity contribution is 9.10. The first kappa shape index (κ1) is 13.2. The standard InChI is InChI=1S/C12H10BrNO3S/c1-8-2-4-10(18(15,16)17)6-11(8)12-5-3-9(13)7-14-12/h2-7H,1H3,(H,15,16,17). The van der Waals surface area contributed by atoms with Gasteiger partial charge < -0.3 is 0 Å². The van der Waals surface area contributed by atoms with Gasteiger partial charge in [-0.25, -0.2) is 0 Å². The van der Waals surface area contributed by atoms with Gasteiger partial charge in [0.2, 0.25) is 0 Å². The Hall–Kier alpha value is -1.24. The fourth-order valence-electron chi connectivity index (χ4n) is 1.57. The third-order valence-corrected chi connectivity index (χ3v) is 3.83. The molecule has 94 valence electrons. The molecular formula is C12H10BrNO3S. The van der Waals surface area contributed by atoms with Gasteiger partial charge in [-0.3, -0.25) is 9.54 Å². The number of benzene rings is 1. The molecule has 0 unspecified atom stereocenters. The average molecular weight is 328 g/mol. The first-order chi connectivity index (χ1) is 8.38. The van der Waals surface area contributed by atoms with E-state index in [9.17, 15) is 8.42 Å². The van der Waals surface area contributed by atoms with Crippen molar-refractivity contribution in [3.8, 4) is 11.3 Å². The Kier molecular flexibility index (Phi) is 3.52. The SMILES string of the molecule is Cc1ccc(S(=O)(=O)O)cc1-c1ccc(Br)cn1. The Bertz CT molecular complexity index is 681. The van der Waals surface area contributed by atoms with E-state index in [-0.39, 0.29) is 4.90 Å². The van der Waals surface area contributed by atoms with Crippen LogP contribution in [0.15, 0.2) is 45.9 Å². The zero-order valence-electron chi connectivity index (χ0n) is 9.46. The predicted molar refractivity (Wildman–Crippen MR) is 71.9 cm³/mol. The van der Waals surface area contributed by atoms with Crippen molar-refractivity contribution in [2.45, 2.75) is 11.8 Å². The van der Waals surface area contributed by atoms with E-state index in [0.29, 0.717) is 11.3 Å². The number of halogens is 1. The quantitative estimate of drug-likeness (QED) is 0.861. The summed E-state index contributed by atoms with van der Waals surface area (Å²) in [4.78, 5) is 4.08. The summed E-state index contributed by atoms with van der Waals surface area (Å²) in [6.07, 6.45) is 1.63. The third kappa shape index (κ3) is 2.77. The summed E-state index contributed by atoms with van der Waals surface area (Å²) in [6, 6.07) is 8.03. The topological polar surface area (TPSA) is 67.3 Å². The Balaban J connectivity index is 2.60. The fraction of sp³-hybridized carbons (Fsp3) is 0.0833. The molecule has 0 aliphatic heterocycles. The van der Waals surface area contributed by atoms with Crippen molar-refractivity contribution in [2.24, 2.45) is 0 Å². The van der Waals surface area contributed by atoms with Crippen LogP contribution >= 0.6 is 15.9 Å². The highest BCUT2D eigenvalue weighted by Crippen LogP contribution is 2.25. The van der Waals surface area contributed by atoms with E-state index >= 15 is 0 Å². The Morgan fingerprint density at radius 2 is 1.94 bits per heavy atom. The van der Waals surface area contributed by atoms with Gasteiger partial charge in [0.25, 0.3) is 10.1 Å². The van der Waals surface area contributed by atoms with Gasteiger partial charge in [0.15, 0.2) is 0 Å². The van der Waals surface area contributed by atoms with Gasteiger partial charge in [0, 0.05) is 16.2 Å². The van der Waals surface area contributed by atoms with Gasteiger partial charge in [0.1, 0.15) is 0 Å². The van der Waals surface area contributed by atoms with Crippen LogP contribution in [0.4, 0.5) is 0 Å². The molecule has 0 atom stereocenters. The highest BCUT2D eigenvalue weighted by Gasteiger charge is 2.12. The van der Waals surface area contributed by atoms with E-state index in [1.807, 2.05) is 13.0 Å². The molecule has 0 aliphatic rings. The third-order valence-electron chi connectivity index (χ3n) is 2.51. The average Bonchev–Trinajstić information content (AvgIpc) is 2.29. The number of hydrogen-bond acceptors (Lipinski definition) is 3. The second-order valence-corrected chi connectivity index (χ2v) is 6.15. The van der Waals surface area contributed by atoms with Crippen LogP contribution in [-0.4, -0.2) is 18.0 Å². The molecule has 4 nitrogen and oxygen atoms in total. The second kappa shape index (κ2) is 4.79. The lowest BCUT2D eigenvalue weighted by atomic mass is 10.1. The highest BCUT2D eigenvalue weighted by atomic mass is 79.9. The van der Waals surface area contributed by atoms with Crippen LogP contribution in [0.25, 0.3) is 11.3 Å². The van der Waals surface area contributed by atoms with Crippen LogP contribution < -0.4 is 0 Å². The molecule has 1 aromatic heterocycles. The van der Waals surface area contributed by atoms with E-state index in [1.54, 1.807) is 18.3 Å². The van der Waals surface area contributed by atoms with E-state index in [1.165, 1.54) is 12.1 Å². The fourth-order valence-corrected chi connectivity index (χ4v) is 2.31. The molecule has 0 amide bonds. The molecule has 0 spiro atoms. The molecule has 0 bridgehead atoms. The maximum atomic E-state index is 11.1. The largest absolute Gasteiger partial charge is 0.294 e. The van der Waals surface area contributed by atoms with Crippen molar-refractivity contribution < 1.29 is 13.0 Å². The Labute approximate surface area is 114 Å². The van der Waals surface area contributed by atoms with Crippen molar-refractivity contribution in [3.05, 3.63) is 46.6 Å². The van der Waals surface area contributed by atoms with Gasteiger partial charge in [-0.15, -0.1) is 0 Å². The van der Waals surface area contributed by atoms with Crippen molar-refractivity contribution in [1.29, 1.82) is 0 Å². The number of nitrogens with zero attached hydrogens (tertiary/aromatic N) is 1. The van der Waals surface area contributed by atoms with Crippen LogP contribution in [0.5, 0.6) is 0 Å². The van der Waals surface area contributed by atoms with Gasteiger partial charge in [-0.1, -0.05) is 6.07 Å². The van der Waals surface area contributed by atoms with Crippen molar-refractivity contribution in [1.82, 2.24) is 4.98 Å². The van der Waals surface area contributed by atoms with E-state index in [2.05, 4.69) is 20.9 Å². The first-order valence-electron chi connectivity index (χ1n) is 5.08. The smallest absolute Gasteiger partial charge is 0.282 e. The van der Waals surface area contributed by atoms with Gasteiger partial charge in [0.05, 0.1) is 10.6 Å². The normalized spacial score (nSPS) is 11.5. The molecule has 0 saturated carbocycles. The maximum absolute atomic E-state index is 11.1. The molecule has 1 N–H and O–H groups in total. The Morgan fingerprint density at radius 1 is 1.22 bits per heavy atom. The molecular weight excluding hydrogens is 318 g/mol. The van der Waals surface area contributed by atoms with E-state index in [4.69, 9.17) is 4.55 Å². The minimum atomic E-state index is -4.20. The number of aryl methyl sites for hydroxylation is 1. The van der Waals surface area contributed by atoms with Crippen LogP contribution in [0.3, 0.4) is 0 Å². The van der Waals surface area contributed by atoms with Gasteiger partial charge >= 0.3 is 0 Å². The van der Waals surface area contributed by atoms with Crippen LogP contribution in [0.2, 0.25) is 0 Å². The summed E-state index contributed by atoms with van der Waals surface area (Å²) in [5.74, 6) is 0. The van der Waals surface area contributed by atoms with Gasteiger partial charge in [-0.2, -0.15) is 8.42 Å². The summed E-state index contributed by atoms with van der Waals surface area (Å²) in [7, 11) is -4.20. The molecule has 1 aromatic carbocycles. The predicted octanol–water partition coefficient (Wildman–Crippen LogP) is 3.07. The molecule has 0 radical (unpaired) electrons. The van der Waals surface area contributed by atoms with Crippen LogP contribution in [-0.2, 0) is 10.1 Å². The summed E-state index contributed by atoms with van der Waals surface area (Å²) >= 11 is 3.28. The zero-order chi connectivity index (χ0) is 13.3. The number of rotatable bonds is 2. The summed E-state index contributed by atoms with van der Waals surface area (Å²) in [6.45, 7) is 1.85. The maximum Gasteiger partial charge on any atom is 0.294 e. The minimum Gasteiger partial charge on any atom is -0.282 e. The molecule has 0 fully saturated rings. The molecule has 0 aliphatic carbocycles.